The predicted octanol–water partition coefficient (Wildman–Crippen LogP) is 1.36. The molecule has 2 rings (SSSR count). The summed E-state index contributed by atoms with van der Waals surface area (Å²) in [6.07, 6.45) is 1.61. The molecule has 2 aromatic rings. The van der Waals surface area contributed by atoms with Gasteiger partial charge in [-0.3, -0.25) is 9.71 Å². The van der Waals surface area contributed by atoms with Gasteiger partial charge in [-0.2, -0.15) is 0 Å². The van der Waals surface area contributed by atoms with Gasteiger partial charge in [0.15, 0.2) is 0 Å². The van der Waals surface area contributed by atoms with E-state index < -0.39 is 21.9 Å². The molecular formula is C12H14N2O3S. The summed E-state index contributed by atoms with van der Waals surface area (Å²) in [5, 5.41) is 8.92. The quantitative estimate of drug-likeness (QED) is 0.875. The number of rotatable bonds is 4. The minimum Gasteiger partial charge on any atom is -0.395 e. The SMILES string of the molecule is CC(CO)S(=O)(=O)Nc1cccc2cccnc12. The van der Waals surface area contributed by atoms with Gasteiger partial charge < -0.3 is 5.11 Å². The number of hydrogen-bond donors (Lipinski definition) is 2. The number of pyridine rings is 1. The first kappa shape index (κ1) is 12.8. The van der Waals surface area contributed by atoms with Gasteiger partial charge >= 0.3 is 0 Å². The number of fused-ring (bicyclic) bond motifs is 1. The Morgan fingerprint density at radius 1 is 1.33 bits per heavy atom. The molecule has 1 aromatic carbocycles. The molecule has 0 bridgehead atoms. The number of para-hydroxylation sites is 1. The second-order valence-corrected chi connectivity index (χ2v) is 6.12. The standard InChI is InChI=1S/C12H14N2O3S/c1-9(8-15)18(16,17)14-11-6-2-4-10-5-3-7-13-12(10)11/h2-7,9,14-15H,8H2,1H3. The Balaban J connectivity index is 2.44. The molecule has 0 saturated carbocycles. The van der Waals surface area contributed by atoms with Crippen LogP contribution < -0.4 is 4.72 Å². The van der Waals surface area contributed by atoms with Gasteiger partial charge in [0, 0.05) is 11.6 Å². The number of nitrogens with one attached hydrogen (secondary N) is 1. The van der Waals surface area contributed by atoms with Gasteiger partial charge in [-0.25, -0.2) is 8.42 Å². The minimum absolute atomic E-state index is 0.423. The lowest BCUT2D eigenvalue weighted by Crippen LogP contribution is -2.28. The first-order valence-corrected chi connectivity index (χ1v) is 7.05. The molecule has 0 saturated heterocycles. The highest BCUT2D eigenvalue weighted by atomic mass is 32.2. The number of aliphatic hydroxyl groups is 1. The van der Waals surface area contributed by atoms with Crippen molar-refractivity contribution in [3.8, 4) is 0 Å². The molecular weight excluding hydrogens is 252 g/mol. The molecule has 0 aliphatic heterocycles. The van der Waals surface area contributed by atoms with Crippen LogP contribution in [-0.4, -0.2) is 30.4 Å². The van der Waals surface area contributed by atoms with Crippen molar-refractivity contribution in [2.24, 2.45) is 0 Å². The fraction of sp³-hybridized carbons (Fsp3) is 0.250. The molecule has 0 spiro atoms. The Morgan fingerprint density at radius 3 is 2.78 bits per heavy atom. The van der Waals surface area contributed by atoms with E-state index in [9.17, 15) is 8.42 Å². The lowest BCUT2D eigenvalue weighted by atomic mass is 10.2. The van der Waals surface area contributed by atoms with Gasteiger partial charge in [0.2, 0.25) is 10.0 Å². The van der Waals surface area contributed by atoms with E-state index in [0.29, 0.717) is 11.2 Å². The number of aliphatic hydroxyl groups excluding tert-OH is 1. The number of nitrogens with zero attached hydrogens (tertiary/aromatic N) is 1. The number of aromatic nitrogens is 1. The second-order valence-electron chi connectivity index (χ2n) is 4.02. The molecule has 96 valence electrons. The van der Waals surface area contributed by atoms with Crippen LogP contribution in [-0.2, 0) is 10.0 Å². The van der Waals surface area contributed by atoms with E-state index in [-0.39, 0.29) is 0 Å². The third-order valence-electron chi connectivity index (χ3n) is 2.67. The van der Waals surface area contributed by atoms with Crippen molar-refractivity contribution < 1.29 is 13.5 Å². The van der Waals surface area contributed by atoms with Crippen molar-refractivity contribution in [1.29, 1.82) is 0 Å². The molecule has 0 fully saturated rings. The third kappa shape index (κ3) is 2.44. The summed E-state index contributed by atoms with van der Waals surface area (Å²) >= 11 is 0. The van der Waals surface area contributed by atoms with Gasteiger partial charge in [-0.05, 0) is 19.1 Å². The summed E-state index contributed by atoms with van der Waals surface area (Å²) in [6.45, 7) is 1.02. The summed E-state index contributed by atoms with van der Waals surface area (Å²) in [7, 11) is -3.59. The summed E-state index contributed by atoms with van der Waals surface area (Å²) in [5.74, 6) is 0. The van der Waals surface area contributed by atoms with E-state index in [1.165, 1.54) is 6.92 Å². The zero-order valence-corrected chi connectivity index (χ0v) is 10.7. The zero-order valence-electron chi connectivity index (χ0n) is 9.87. The topological polar surface area (TPSA) is 79.3 Å². The van der Waals surface area contributed by atoms with Crippen LogP contribution in [0, 0.1) is 0 Å². The van der Waals surface area contributed by atoms with Crippen molar-refractivity contribution in [3.63, 3.8) is 0 Å². The Bertz CT molecular complexity index is 650. The average molecular weight is 266 g/mol. The molecule has 1 aromatic heterocycles. The zero-order chi connectivity index (χ0) is 13.2. The Kier molecular flexibility index (Phi) is 3.49. The summed E-state index contributed by atoms with van der Waals surface area (Å²) in [6, 6.07) is 8.91. The highest BCUT2D eigenvalue weighted by Gasteiger charge is 2.20. The van der Waals surface area contributed by atoms with Crippen LogP contribution in [0.4, 0.5) is 5.69 Å². The van der Waals surface area contributed by atoms with Crippen LogP contribution in [0.3, 0.4) is 0 Å². The highest BCUT2D eigenvalue weighted by molar-refractivity contribution is 7.93. The fourth-order valence-electron chi connectivity index (χ4n) is 1.54. The Labute approximate surface area is 106 Å². The third-order valence-corrected chi connectivity index (χ3v) is 4.38. The van der Waals surface area contributed by atoms with Crippen molar-refractivity contribution in [1.82, 2.24) is 4.98 Å². The number of hydrogen-bond acceptors (Lipinski definition) is 4. The lowest BCUT2D eigenvalue weighted by molar-refractivity contribution is 0.296. The Hall–Kier alpha value is -1.66. The van der Waals surface area contributed by atoms with E-state index in [0.717, 1.165) is 5.39 Å². The van der Waals surface area contributed by atoms with Crippen LogP contribution in [0.1, 0.15) is 6.92 Å². The molecule has 0 aliphatic rings. The predicted molar refractivity (Wildman–Crippen MR) is 70.8 cm³/mol. The van der Waals surface area contributed by atoms with Gasteiger partial charge in [0.25, 0.3) is 0 Å². The van der Waals surface area contributed by atoms with Gasteiger partial charge in [-0.1, -0.05) is 18.2 Å². The molecule has 1 atom stereocenters. The first-order valence-electron chi connectivity index (χ1n) is 5.51. The maximum atomic E-state index is 11.9. The number of sulfonamides is 1. The van der Waals surface area contributed by atoms with E-state index in [1.54, 1.807) is 24.4 Å². The molecule has 5 nitrogen and oxygen atoms in total. The van der Waals surface area contributed by atoms with E-state index in [4.69, 9.17) is 5.11 Å². The Morgan fingerprint density at radius 2 is 2.06 bits per heavy atom. The molecule has 0 aliphatic carbocycles. The molecule has 2 N–H and O–H groups in total. The van der Waals surface area contributed by atoms with Crippen LogP contribution >= 0.6 is 0 Å². The number of benzene rings is 1. The molecule has 6 heteroatoms. The fourth-order valence-corrected chi connectivity index (χ4v) is 2.41. The lowest BCUT2D eigenvalue weighted by Gasteiger charge is -2.13. The van der Waals surface area contributed by atoms with Gasteiger partial charge in [0.1, 0.15) is 5.25 Å². The van der Waals surface area contributed by atoms with Crippen molar-refractivity contribution in [2.45, 2.75) is 12.2 Å². The van der Waals surface area contributed by atoms with Crippen LogP contribution in [0.2, 0.25) is 0 Å². The van der Waals surface area contributed by atoms with Gasteiger partial charge in [-0.15, -0.1) is 0 Å². The highest BCUT2D eigenvalue weighted by Crippen LogP contribution is 2.22. The summed E-state index contributed by atoms with van der Waals surface area (Å²) < 4.78 is 26.2. The van der Waals surface area contributed by atoms with Crippen molar-refractivity contribution >= 4 is 26.6 Å². The van der Waals surface area contributed by atoms with Crippen LogP contribution in [0.25, 0.3) is 10.9 Å². The second kappa shape index (κ2) is 4.91. The minimum atomic E-state index is -3.59. The smallest absolute Gasteiger partial charge is 0.237 e. The monoisotopic (exact) mass is 266 g/mol. The van der Waals surface area contributed by atoms with Crippen LogP contribution in [0.15, 0.2) is 36.5 Å². The van der Waals surface area contributed by atoms with E-state index in [2.05, 4.69) is 9.71 Å². The maximum absolute atomic E-state index is 11.9. The average Bonchev–Trinajstić information content (AvgIpc) is 2.38. The van der Waals surface area contributed by atoms with E-state index >= 15 is 0 Å². The molecule has 18 heavy (non-hydrogen) atoms. The largest absolute Gasteiger partial charge is 0.395 e. The maximum Gasteiger partial charge on any atom is 0.237 e. The normalized spacial score (nSPS) is 13.4. The molecule has 1 heterocycles. The van der Waals surface area contributed by atoms with E-state index in [1.807, 2.05) is 12.1 Å². The molecule has 1 unspecified atom stereocenters. The summed E-state index contributed by atoms with van der Waals surface area (Å²) in [5.41, 5.74) is 1.02. The van der Waals surface area contributed by atoms with Gasteiger partial charge in [0.05, 0.1) is 17.8 Å². The van der Waals surface area contributed by atoms with Crippen molar-refractivity contribution in [3.05, 3.63) is 36.5 Å². The molecule has 0 amide bonds. The van der Waals surface area contributed by atoms with Crippen LogP contribution in [0.5, 0.6) is 0 Å². The first-order chi connectivity index (χ1) is 8.54. The van der Waals surface area contributed by atoms with Crippen molar-refractivity contribution in [2.75, 3.05) is 11.3 Å². The number of anilines is 1. The molecule has 0 radical (unpaired) electrons. The summed E-state index contributed by atoms with van der Waals surface area (Å²) in [4.78, 5) is 4.16.